The average molecular weight is 287 g/mol. The van der Waals surface area contributed by atoms with Crippen molar-refractivity contribution >= 4 is 22.9 Å². The van der Waals surface area contributed by atoms with Crippen molar-refractivity contribution < 1.29 is 0 Å². The van der Waals surface area contributed by atoms with Crippen LogP contribution in [0.4, 0.5) is 0 Å². The first-order valence-electron chi connectivity index (χ1n) is 6.93. The Balaban J connectivity index is 2.01. The van der Waals surface area contributed by atoms with Crippen molar-refractivity contribution in [3.05, 3.63) is 21.3 Å². The molecule has 1 aliphatic rings. The average Bonchev–Trinajstić information content (AvgIpc) is 2.65. The third-order valence-corrected chi connectivity index (χ3v) is 5.10. The van der Waals surface area contributed by atoms with Gasteiger partial charge in [0.1, 0.15) is 0 Å². The zero-order valence-electron chi connectivity index (χ0n) is 11.3. The Hall–Kier alpha value is -0.0900. The first kappa shape index (κ1) is 14.3. The van der Waals surface area contributed by atoms with Crippen LogP contribution in [-0.4, -0.2) is 30.6 Å². The van der Waals surface area contributed by atoms with Crippen molar-refractivity contribution in [2.24, 2.45) is 0 Å². The molecule has 4 heteroatoms. The SMILES string of the molecule is CCCC1CN(C(C)c2ccc(Cl)s2)CCCN1. The van der Waals surface area contributed by atoms with Gasteiger partial charge >= 0.3 is 0 Å². The number of nitrogens with zero attached hydrogens (tertiary/aromatic N) is 1. The van der Waals surface area contributed by atoms with E-state index in [9.17, 15) is 0 Å². The Bertz CT molecular complexity index is 366. The highest BCUT2D eigenvalue weighted by molar-refractivity contribution is 7.16. The van der Waals surface area contributed by atoms with Crippen LogP contribution >= 0.6 is 22.9 Å². The maximum Gasteiger partial charge on any atom is 0.0931 e. The second-order valence-corrected chi connectivity index (χ2v) is 6.85. The molecule has 1 fully saturated rings. The van der Waals surface area contributed by atoms with Gasteiger partial charge in [-0.1, -0.05) is 24.9 Å². The summed E-state index contributed by atoms with van der Waals surface area (Å²) < 4.78 is 0.898. The van der Waals surface area contributed by atoms with Crippen molar-refractivity contribution in [1.82, 2.24) is 10.2 Å². The Morgan fingerprint density at radius 1 is 1.56 bits per heavy atom. The van der Waals surface area contributed by atoms with E-state index in [1.165, 1.54) is 30.7 Å². The molecular weight excluding hydrogens is 264 g/mol. The summed E-state index contributed by atoms with van der Waals surface area (Å²) in [6, 6.07) is 5.32. The van der Waals surface area contributed by atoms with Gasteiger partial charge in [-0.3, -0.25) is 4.90 Å². The lowest BCUT2D eigenvalue weighted by molar-refractivity contribution is 0.206. The van der Waals surface area contributed by atoms with Gasteiger partial charge < -0.3 is 5.32 Å². The van der Waals surface area contributed by atoms with E-state index in [-0.39, 0.29) is 0 Å². The van der Waals surface area contributed by atoms with Crippen molar-refractivity contribution in [3.63, 3.8) is 0 Å². The molecule has 0 spiro atoms. The van der Waals surface area contributed by atoms with Gasteiger partial charge in [0.05, 0.1) is 4.34 Å². The van der Waals surface area contributed by atoms with Crippen LogP contribution < -0.4 is 5.32 Å². The molecule has 2 heterocycles. The highest BCUT2D eigenvalue weighted by Crippen LogP contribution is 2.30. The summed E-state index contributed by atoms with van der Waals surface area (Å²) in [5.41, 5.74) is 0. The van der Waals surface area contributed by atoms with E-state index in [1.54, 1.807) is 11.3 Å². The fourth-order valence-corrected chi connectivity index (χ4v) is 3.80. The molecule has 1 aliphatic heterocycles. The van der Waals surface area contributed by atoms with Crippen LogP contribution in [0.5, 0.6) is 0 Å². The molecule has 2 rings (SSSR count). The highest BCUT2D eigenvalue weighted by atomic mass is 35.5. The molecule has 2 nitrogen and oxygen atoms in total. The Morgan fingerprint density at radius 2 is 2.39 bits per heavy atom. The lowest BCUT2D eigenvalue weighted by atomic mass is 10.1. The predicted molar refractivity (Wildman–Crippen MR) is 80.6 cm³/mol. The Morgan fingerprint density at radius 3 is 3.06 bits per heavy atom. The van der Waals surface area contributed by atoms with Gasteiger partial charge in [0, 0.05) is 30.1 Å². The first-order valence-corrected chi connectivity index (χ1v) is 8.12. The molecule has 2 unspecified atom stereocenters. The maximum atomic E-state index is 6.04. The monoisotopic (exact) mass is 286 g/mol. The summed E-state index contributed by atoms with van der Waals surface area (Å²) in [6.07, 6.45) is 3.77. The van der Waals surface area contributed by atoms with E-state index in [1.807, 2.05) is 6.07 Å². The fourth-order valence-electron chi connectivity index (χ4n) is 2.65. The molecule has 0 bridgehead atoms. The number of nitrogens with one attached hydrogen (secondary N) is 1. The predicted octanol–water partition coefficient (Wildman–Crippen LogP) is 3.93. The lowest BCUT2D eigenvalue weighted by Crippen LogP contribution is -2.38. The van der Waals surface area contributed by atoms with Gasteiger partial charge in [-0.05, 0) is 38.4 Å². The normalized spacial score (nSPS) is 23.8. The van der Waals surface area contributed by atoms with E-state index >= 15 is 0 Å². The van der Waals surface area contributed by atoms with Crippen LogP contribution in [-0.2, 0) is 0 Å². The summed E-state index contributed by atoms with van der Waals surface area (Å²) in [5.74, 6) is 0. The number of rotatable bonds is 4. The molecule has 18 heavy (non-hydrogen) atoms. The van der Waals surface area contributed by atoms with Crippen LogP contribution in [0.1, 0.15) is 44.0 Å². The molecule has 0 aliphatic carbocycles. The van der Waals surface area contributed by atoms with Crippen LogP contribution in [0, 0.1) is 0 Å². The number of hydrogen-bond acceptors (Lipinski definition) is 3. The lowest BCUT2D eigenvalue weighted by Gasteiger charge is -2.29. The molecule has 1 N–H and O–H groups in total. The van der Waals surface area contributed by atoms with Gasteiger partial charge in [-0.25, -0.2) is 0 Å². The largest absolute Gasteiger partial charge is 0.313 e. The minimum absolute atomic E-state index is 0.488. The molecule has 102 valence electrons. The highest BCUT2D eigenvalue weighted by Gasteiger charge is 2.22. The number of hydrogen-bond donors (Lipinski definition) is 1. The second-order valence-electron chi connectivity index (χ2n) is 5.11. The first-order chi connectivity index (χ1) is 8.70. The molecule has 0 radical (unpaired) electrons. The third-order valence-electron chi connectivity index (χ3n) is 3.70. The minimum atomic E-state index is 0.488. The molecule has 1 aromatic rings. The maximum absolute atomic E-state index is 6.04. The molecule has 1 aromatic heterocycles. The summed E-state index contributed by atoms with van der Waals surface area (Å²) in [7, 11) is 0. The zero-order chi connectivity index (χ0) is 13.0. The van der Waals surface area contributed by atoms with Gasteiger partial charge in [0.25, 0.3) is 0 Å². The van der Waals surface area contributed by atoms with Gasteiger partial charge in [-0.15, -0.1) is 11.3 Å². The fraction of sp³-hybridized carbons (Fsp3) is 0.714. The summed E-state index contributed by atoms with van der Waals surface area (Å²) in [6.45, 7) is 8.06. The molecule has 0 saturated carbocycles. The van der Waals surface area contributed by atoms with Crippen LogP contribution in [0.25, 0.3) is 0 Å². The Labute approximate surface area is 119 Å². The summed E-state index contributed by atoms with van der Waals surface area (Å²) in [5, 5.41) is 3.66. The van der Waals surface area contributed by atoms with E-state index in [4.69, 9.17) is 11.6 Å². The quantitative estimate of drug-likeness (QED) is 0.902. The Kier molecular flexibility index (Phi) is 5.49. The minimum Gasteiger partial charge on any atom is -0.313 e. The van der Waals surface area contributed by atoms with E-state index in [0.717, 1.165) is 17.4 Å². The van der Waals surface area contributed by atoms with Crippen molar-refractivity contribution in [1.29, 1.82) is 0 Å². The molecule has 0 aromatic carbocycles. The summed E-state index contributed by atoms with van der Waals surface area (Å²) in [4.78, 5) is 3.99. The molecule has 1 saturated heterocycles. The second kappa shape index (κ2) is 6.90. The van der Waals surface area contributed by atoms with Crippen molar-refractivity contribution in [3.8, 4) is 0 Å². The van der Waals surface area contributed by atoms with Gasteiger partial charge in [0.2, 0.25) is 0 Å². The number of halogens is 1. The van der Waals surface area contributed by atoms with E-state index in [2.05, 4.69) is 30.1 Å². The van der Waals surface area contributed by atoms with E-state index < -0.39 is 0 Å². The standard InChI is InChI=1S/C14H23ClN2S/c1-3-5-12-10-17(9-4-8-16-12)11(2)13-6-7-14(15)18-13/h6-7,11-12,16H,3-5,8-10H2,1-2H3. The van der Waals surface area contributed by atoms with Crippen LogP contribution in [0.2, 0.25) is 4.34 Å². The third kappa shape index (κ3) is 3.70. The van der Waals surface area contributed by atoms with Gasteiger partial charge in [0.15, 0.2) is 0 Å². The smallest absolute Gasteiger partial charge is 0.0931 e. The molecule has 0 amide bonds. The van der Waals surface area contributed by atoms with Crippen molar-refractivity contribution in [2.75, 3.05) is 19.6 Å². The van der Waals surface area contributed by atoms with Crippen molar-refractivity contribution in [2.45, 2.75) is 45.2 Å². The zero-order valence-corrected chi connectivity index (χ0v) is 12.9. The van der Waals surface area contributed by atoms with Gasteiger partial charge in [-0.2, -0.15) is 0 Å². The molecular formula is C14H23ClN2S. The van der Waals surface area contributed by atoms with E-state index in [0.29, 0.717) is 12.1 Å². The summed E-state index contributed by atoms with van der Waals surface area (Å²) >= 11 is 7.76. The van der Waals surface area contributed by atoms with Crippen LogP contribution in [0.15, 0.2) is 12.1 Å². The van der Waals surface area contributed by atoms with Crippen LogP contribution in [0.3, 0.4) is 0 Å². The topological polar surface area (TPSA) is 15.3 Å². The molecule has 2 atom stereocenters. The number of thiophene rings is 1.